The van der Waals surface area contributed by atoms with Crippen molar-refractivity contribution in [3.63, 3.8) is 0 Å². The van der Waals surface area contributed by atoms with Crippen LogP contribution in [-0.2, 0) is 0 Å². The van der Waals surface area contributed by atoms with Crippen LogP contribution < -0.4 is 4.90 Å². The maximum atomic E-state index is 6.67. The predicted octanol–water partition coefficient (Wildman–Crippen LogP) is 16.1. The van der Waals surface area contributed by atoms with Crippen LogP contribution in [0.2, 0.25) is 0 Å². The highest BCUT2D eigenvalue weighted by Crippen LogP contribution is 2.46. The Balaban J connectivity index is 1.03. The van der Waals surface area contributed by atoms with Gasteiger partial charge in [-0.05, 0) is 94.0 Å². The van der Waals surface area contributed by atoms with Crippen LogP contribution in [0.5, 0.6) is 0 Å². The van der Waals surface area contributed by atoms with E-state index in [-0.39, 0.29) is 0 Å². The van der Waals surface area contributed by atoms with Crippen molar-refractivity contribution >= 4 is 70.5 Å². The maximum Gasteiger partial charge on any atom is 0.143 e. The summed E-state index contributed by atoms with van der Waals surface area (Å²) in [6, 6.07) is 76.2. The molecular formula is C54H35NOS. The first kappa shape index (κ1) is 33.2. The van der Waals surface area contributed by atoms with E-state index in [1.54, 1.807) is 0 Å². The lowest BCUT2D eigenvalue weighted by Crippen LogP contribution is -2.09. The van der Waals surface area contributed by atoms with Crippen LogP contribution >= 0.6 is 11.3 Å². The Morgan fingerprint density at radius 3 is 1.44 bits per heavy atom. The largest absolute Gasteiger partial charge is 0.455 e. The van der Waals surface area contributed by atoms with Gasteiger partial charge in [-0.2, -0.15) is 0 Å². The summed E-state index contributed by atoms with van der Waals surface area (Å²) in [5, 5.41) is 4.82. The third kappa shape index (κ3) is 5.88. The van der Waals surface area contributed by atoms with E-state index in [4.69, 9.17) is 4.42 Å². The lowest BCUT2D eigenvalue weighted by Gasteiger charge is -2.26. The Labute approximate surface area is 335 Å². The van der Waals surface area contributed by atoms with Gasteiger partial charge >= 0.3 is 0 Å². The molecule has 2 heterocycles. The van der Waals surface area contributed by atoms with Gasteiger partial charge in [-0.25, -0.2) is 0 Å². The number of nitrogens with zero attached hydrogens (tertiary/aromatic N) is 1. The van der Waals surface area contributed by atoms with E-state index in [0.29, 0.717) is 0 Å². The molecule has 57 heavy (non-hydrogen) atoms. The van der Waals surface area contributed by atoms with Crippen molar-refractivity contribution in [3.8, 4) is 44.5 Å². The molecule has 0 radical (unpaired) electrons. The summed E-state index contributed by atoms with van der Waals surface area (Å²) in [6.45, 7) is 0. The second-order valence-corrected chi connectivity index (χ2v) is 15.5. The Morgan fingerprint density at radius 1 is 0.333 bits per heavy atom. The van der Waals surface area contributed by atoms with Gasteiger partial charge in [0.1, 0.15) is 11.2 Å². The van der Waals surface area contributed by atoms with E-state index in [1.165, 1.54) is 48.0 Å². The zero-order valence-corrected chi connectivity index (χ0v) is 31.8. The highest BCUT2D eigenvalue weighted by atomic mass is 32.1. The van der Waals surface area contributed by atoms with Gasteiger partial charge in [0.25, 0.3) is 0 Å². The fraction of sp³-hybridized carbons (Fsp3) is 0. The molecule has 11 aromatic rings. The van der Waals surface area contributed by atoms with Crippen LogP contribution in [0.25, 0.3) is 86.6 Å². The molecule has 0 atom stereocenters. The van der Waals surface area contributed by atoms with Crippen molar-refractivity contribution in [1.82, 2.24) is 0 Å². The Kier molecular flexibility index (Phi) is 8.04. The summed E-state index contributed by atoms with van der Waals surface area (Å²) in [6.07, 6.45) is 0. The minimum Gasteiger partial charge on any atom is -0.455 e. The van der Waals surface area contributed by atoms with Crippen molar-refractivity contribution in [2.24, 2.45) is 0 Å². The van der Waals surface area contributed by atoms with Crippen LogP contribution in [0.3, 0.4) is 0 Å². The van der Waals surface area contributed by atoms with Gasteiger partial charge in [-0.3, -0.25) is 0 Å². The smallest absolute Gasteiger partial charge is 0.143 e. The Hall–Kier alpha value is -7.20. The summed E-state index contributed by atoms with van der Waals surface area (Å²) in [7, 11) is 0. The molecule has 2 aromatic heterocycles. The molecule has 11 rings (SSSR count). The molecule has 0 saturated heterocycles. The number of rotatable bonds is 7. The zero-order valence-electron chi connectivity index (χ0n) is 31.0. The molecule has 0 unspecified atom stereocenters. The minimum atomic E-state index is 0.900. The number of thiophene rings is 1. The number of anilines is 3. The topological polar surface area (TPSA) is 16.4 Å². The average Bonchev–Trinajstić information content (AvgIpc) is 3.86. The third-order valence-corrected chi connectivity index (χ3v) is 12.3. The van der Waals surface area contributed by atoms with Crippen LogP contribution in [0.15, 0.2) is 217 Å². The molecule has 0 N–H and O–H groups in total. The van der Waals surface area contributed by atoms with Crippen LogP contribution in [0, 0.1) is 0 Å². The van der Waals surface area contributed by atoms with Crippen molar-refractivity contribution in [2.75, 3.05) is 4.90 Å². The molecule has 0 spiro atoms. The molecule has 9 aromatic carbocycles. The monoisotopic (exact) mass is 745 g/mol. The number of furan rings is 1. The fourth-order valence-corrected chi connectivity index (χ4v) is 9.50. The lowest BCUT2D eigenvalue weighted by molar-refractivity contribution is 0.670. The van der Waals surface area contributed by atoms with E-state index < -0.39 is 0 Å². The number of fused-ring (bicyclic) bond motifs is 6. The van der Waals surface area contributed by atoms with Crippen molar-refractivity contribution in [3.05, 3.63) is 212 Å². The second-order valence-electron chi connectivity index (χ2n) is 14.5. The number of benzene rings is 9. The predicted molar refractivity (Wildman–Crippen MR) is 243 cm³/mol. The highest BCUT2D eigenvalue weighted by Gasteiger charge is 2.19. The standard InChI is InChI=1S/C54H35NOS/c1-3-12-36(13-4-1)38-22-28-42(29-23-38)55(43-30-24-39(25-31-43)37-14-5-2-6-15-37)44-32-26-40(27-33-44)41-34-49-45-16-7-9-20-51(45)56-53(49)50(35-41)48-19-11-18-47-46-17-8-10-21-52(46)57-54(47)48/h1-35H. The van der Waals surface area contributed by atoms with Crippen LogP contribution in [0.4, 0.5) is 17.1 Å². The first-order valence-corrected chi connectivity index (χ1v) is 20.1. The molecule has 0 aliphatic heterocycles. The molecule has 0 amide bonds. The van der Waals surface area contributed by atoms with Crippen molar-refractivity contribution in [1.29, 1.82) is 0 Å². The molecule has 0 bridgehead atoms. The zero-order chi connectivity index (χ0) is 37.7. The van der Waals surface area contributed by atoms with Gasteiger partial charge < -0.3 is 9.32 Å². The van der Waals surface area contributed by atoms with Gasteiger partial charge in [-0.1, -0.05) is 152 Å². The SMILES string of the molecule is c1ccc(-c2ccc(N(c3ccc(-c4ccccc4)cc3)c3ccc(-c4cc(-c5cccc6c5sc5ccccc56)c5oc6ccccc6c5c4)cc3)cc2)cc1. The quantitative estimate of drug-likeness (QED) is 0.162. The molecule has 0 fully saturated rings. The molecule has 3 heteroatoms. The van der Waals surface area contributed by atoms with Crippen molar-refractivity contribution in [2.45, 2.75) is 0 Å². The van der Waals surface area contributed by atoms with Gasteiger partial charge in [0.05, 0.1) is 0 Å². The lowest BCUT2D eigenvalue weighted by atomic mass is 9.94. The van der Waals surface area contributed by atoms with Gasteiger partial charge in [0.15, 0.2) is 0 Å². The first-order valence-electron chi connectivity index (χ1n) is 19.3. The number of hydrogen-bond donors (Lipinski definition) is 0. The summed E-state index contributed by atoms with van der Waals surface area (Å²) >= 11 is 1.85. The summed E-state index contributed by atoms with van der Waals surface area (Å²) in [5.74, 6) is 0. The van der Waals surface area contributed by atoms with E-state index in [9.17, 15) is 0 Å². The maximum absolute atomic E-state index is 6.67. The number of para-hydroxylation sites is 1. The first-order chi connectivity index (χ1) is 28.2. The minimum absolute atomic E-state index is 0.900. The Morgan fingerprint density at radius 2 is 0.825 bits per heavy atom. The van der Waals surface area contributed by atoms with Crippen LogP contribution in [0.1, 0.15) is 0 Å². The highest BCUT2D eigenvalue weighted by molar-refractivity contribution is 7.26. The fourth-order valence-electron chi connectivity index (χ4n) is 8.27. The second kappa shape index (κ2) is 13.8. The van der Waals surface area contributed by atoms with E-state index in [1.807, 2.05) is 17.4 Å². The molecule has 268 valence electrons. The summed E-state index contributed by atoms with van der Waals surface area (Å²) in [4.78, 5) is 2.34. The molecular weight excluding hydrogens is 711 g/mol. The van der Waals surface area contributed by atoms with Crippen LogP contribution in [-0.4, -0.2) is 0 Å². The van der Waals surface area contributed by atoms with Crippen molar-refractivity contribution < 1.29 is 4.42 Å². The van der Waals surface area contributed by atoms with E-state index in [2.05, 4.69) is 211 Å². The summed E-state index contributed by atoms with van der Waals surface area (Å²) < 4.78 is 9.24. The summed E-state index contributed by atoms with van der Waals surface area (Å²) in [5.41, 5.74) is 14.5. The average molecular weight is 746 g/mol. The van der Waals surface area contributed by atoms with E-state index >= 15 is 0 Å². The van der Waals surface area contributed by atoms with E-state index in [0.717, 1.165) is 55.7 Å². The normalized spacial score (nSPS) is 11.5. The van der Waals surface area contributed by atoms with Gasteiger partial charge in [0, 0.05) is 59.1 Å². The molecule has 0 saturated carbocycles. The number of hydrogen-bond acceptors (Lipinski definition) is 3. The van der Waals surface area contributed by atoms with Gasteiger partial charge in [-0.15, -0.1) is 11.3 Å². The van der Waals surface area contributed by atoms with Gasteiger partial charge in [0.2, 0.25) is 0 Å². The molecule has 0 aliphatic carbocycles. The molecule has 0 aliphatic rings. The third-order valence-electron chi connectivity index (χ3n) is 11.1. The Bertz CT molecular complexity index is 3110. The molecule has 2 nitrogen and oxygen atoms in total.